The molecule has 11 nitrogen and oxygen atoms in total. The summed E-state index contributed by atoms with van der Waals surface area (Å²) >= 11 is 0. The van der Waals surface area contributed by atoms with Crippen molar-refractivity contribution in [3.05, 3.63) is 35.5 Å². The molecule has 11 heteroatoms. The Hall–Kier alpha value is -3.89. The van der Waals surface area contributed by atoms with Gasteiger partial charge in [0, 0.05) is 26.0 Å². The molecular weight excluding hydrogens is 528 g/mol. The molecule has 4 rings (SSSR count). The van der Waals surface area contributed by atoms with Crippen LogP contribution in [-0.2, 0) is 25.5 Å². The van der Waals surface area contributed by atoms with Crippen LogP contribution in [0.2, 0.25) is 0 Å². The number of amides is 5. The van der Waals surface area contributed by atoms with Gasteiger partial charge in [0.05, 0.1) is 17.3 Å². The Kier molecular flexibility index (Phi) is 7.70. The number of barbiturate groups is 1. The summed E-state index contributed by atoms with van der Waals surface area (Å²) in [6.45, 7) is 12.8. The highest BCUT2D eigenvalue weighted by Gasteiger charge is 2.47. The van der Waals surface area contributed by atoms with Crippen LogP contribution in [0.25, 0.3) is 10.9 Å². The van der Waals surface area contributed by atoms with Gasteiger partial charge in [-0.15, -0.1) is 0 Å². The molecule has 0 bridgehead atoms. The van der Waals surface area contributed by atoms with Crippen molar-refractivity contribution in [3.8, 4) is 0 Å². The Morgan fingerprint density at radius 3 is 2.00 bits per heavy atom. The molecule has 0 N–H and O–H groups in total. The second-order valence-corrected chi connectivity index (χ2v) is 12.9. The number of nitrogens with zero attached hydrogens (tertiary/aromatic N) is 4. The summed E-state index contributed by atoms with van der Waals surface area (Å²) in [6, 6.07) is 6.07. The van der Waals surface area contributed by atoms with E-state index in [1.165, 1.54) is 18.7 Å². The fraction of sp³-hybridized carbons (Fsp3) is 0.567. The molecule has 0 aliphatic carbocycles. The predicted octanol–water partition coefficient (Wildman–Crippen LogP) is 4.95. The lowest BCUT2D eigenvalue weighted by Crippen LogP contribution is -2.57. The van der Waals surface area contributed by atoms with Gasteiger partial charge in [0.1, 0.15) is 17.1 Å². The van der Waals surface area contributed by atoms with Crippen molar-refractivity contribution in [2.24, 2.45) is 11.8 Å². The summed E-state index contributed by atoms with van der Waals surface area (Å²) in [7, 11) is 2.69. The lowest BCUT2D eigenvalue weighted by molar-refractivity contribution is -0.148. The highest BCUT2D eigenvalue weighted by molar-refractivity contribution is 6.15. The van der Waals surface area contributed by atoms with Crippen LogP contribution in [0, 0.1) is 11.8 Å². The number of benzene rings is 1. The highest BCUT2D eigenvalue weighted by Crippen LogP contribution is 2.44. The fourth-order valence-corrected chi connectivity index (χ4v) is 5.71. The van der Waals surface area contributed by atoms with E-state index in [4.69, 9.17) is 9.47 Å². The topological polar surface area (TPSA) is 118 Å². The number of ether oxygens (including phenoxy) is 2. The van der Waals surface area contributed by atoms with Gasteiger partial charge in [0.15, 0.2) is 0 Å². The first-order valence-corrected chi connectivity index (χ1v) is 13.9. The summed E-state index contributed by atoms with van der Waals surface area (Å²) in [5.74, 6) is -2.82. The first-order chi connectivity index (χ1) is 18.9. The number of para-hydroxylation sites is 1. The number of imide groups is 2. The van der Waals surface area contributed by atoms with Crippen LogP contribution >= 0.6 is 0 Å². The zero-order valence-electron chi connectivity index (χ0n) is 25.3. The van der Waals surface area contributed by atoms with Crippen LogP contribution in [0.4, 0.5) is 14.4 Å². The average molecular weight is 569 g/mol. The van der Waals surface area contributed by atoms with Gasteiger partial charge in [-0.25, -0.2) is 19.0 Å². The van der Waals surface area contributed by atoms with E-state index in [0.717, 1.165) is 20.7 Å². The van der Waals surface area contributed by atoms with Gasteiger partial charge >= 0.3 is 18.2 Å². The summed E-state index contributed by atoms with van der Waals surface area (Å²) in [5.41, 5.74) is 0.556. The number of carbonyl (C=O) groups excluding carboxylic acids is 5. The first-order valence-electron chi connectivity index (χ1n) is 13.9. The second kappa shape index (κ2) is 10.5. The second-order valence-electron chi connectivity index (χ2n) is 12.9. The summed E-state index contributed by atoms with van der Waals surface area (Å²) < 4.78 is 13.1. The highest BCUT2D eigenvalue weighted by atomic mass is 16.6. The minimum absolute atomic E-state index is 0.0406. The number of hydrogen-bond donors (Lipinski definition) is 0. The third-order valence-corrected chi connectivity index (χ3v) is 7.42. The predicted molar refractivity (Wildman–Crippen MR) is 151 cm³/mol. The minimum atomic E-state index is -1.12. The Bertz CT molecular complexity index is 1390. The van der Waals surface area contributed by atoms with Crippen molar-refractivity contribution in [2.45, 2.75) is 78.6 Å². The number of aromatic nitrogens is 1. The summed E-state index contributed by atoms with van der Waals surface area (Å²) in [5, 5.41) is 0.865. The zero-order valence-corrected chi connectivity index (χ0v) is 25.3. The molecule has 2 unspecified atom stereocenters. The van der Waals surface area contributed by atoms with E-state index < -0.39 is 59.1 Å². The van der Waals surface area contributed by atoms with Gasteiger partial charge < -0.3 is 9.47 Å². The van der Waals surface area contributed by atoms with Crippen molar-refractivity contribution in [2.75, 3.05) is 20.6 Å². The number of rotatable bonds is 3. The largest absolute Gasteiger partial charge is 0.444 e. The minimum Gasteiger partial charge on any atom is -0.444 e. The molecule has 0 radical (unpaired) electrons. The van der Waals surface area contributed by atoms with Crippen LogP contribution in [0.15, 0.2) is 24.3 Å². The van der Waals surface area contributed by atoms with Gasteiger partial charge in [0.2, 0.25) is 11.8 Å². The van der Waals surface area contributed by atoms with Crippen molar-refractivity contribution in [1.82, 2.24) is 19.3 Å². The molecular formula is C30H40N4O7. The molecule has 41 heavy (non-hydrogen) atoms. The van der Waals surface area contributed by atoms with Crippen molar-refractivity contribution in [1.29, 1.82) is 0 Å². The molecule has 222 valence electrons. The quantitative estimate of drug-likeness (QED) is 0.481. The zero-order chi connectivity index (χ0) is 30.6. The molecule has 2 aliphatic rings. The Morgan fingerprint density at radius 1 is 0.902 bits per heavy atom. The molecule has 5 amide bonds. The van der Waals surface area contributed by atoms with E-state index in [1.54, 1.807) is 46.4 Å². The van der Waals surface area contributed by atoms with Gasteiger partial charge in [-0.3, -0.25) is 24.3 Å². The number of urea groups is 1. The van der Waals surface area contributed by atoms with E-state index in [1.807, 2.05) is 31.2 Å². The van der Waals surface area contributed by atoms with Gasteiger partial charge in [0.25, 0.3) is 0 Å². The molecule has 3 heterocycles. The van der Waals surface area contributed by atoms with E-state index in [0.29, 0.717) is 24.2 Å². The number of carbonyl (C=O) groups is 5. The van der Waals surface area contributed by atoms with E-state index in [2.05, 4.69) is 0 Å². The normalized spacial score (nSPS) is 19.5. The molecule has 2 aromatic rings. The Balaban J connectivity index is 1.87. The molecule has 0 spiro atoms. The molecule has 1 fully saturated rings. The fourth-order valence-electron chi connectivity index (χ4n) is 5.71. The van der Waals surface area contributed by atoms with Crippen LogP contribution in [-0.4, -0.2) is 81.1 Å². The van der Waals surface area contributed by atoms with E-state index >= 15 is 0 Å². The average Bonchev–Trinajstić information content (AvgIpc) is 3.20. The van der Waals surface area contributed by atoms with E-state index in [9.17, 15) is 24.0 Å². The van der Waals surface area contributed by atoms with Crippen molar-refractivity contribution < 1.29 is 33.4 Å². The van der Waals surface area contributed by atoms with Gasteiger partial charge in [-0.05, 0) is 71.9 Å². The molecule has 0 saturated carbocycles. The number of hydrogen-bond acceptors (Lipinski definition) is 7. The molecule has 1 saturated heterocycles. The Morgan fingerprint density at radius 2 is 1.44 bits per heavy atom. The maximum absolute atomic E-state index is 13.7. The van der Waals surface area contributed by atoms with Crippen LogP contribution in [0.5, 0.6) is 0 Å². The summed E-state index contributed by atoms with van der Waals surface area (Å²) in [6.07, 6.45) is -0.645. The van der Waals surface area contributed by atoms with Crippen LogP contribution in [0.1, 0.15) is 72.2 Å². The monoisotopic (exact) mass is 568 g/mol. The lowest BCUT2D eigenvalue weighted by Gasteiger charge is -2.42. The van der Waals surface area contributed by atoms with Gasteiger partial charge in [-0.2, -0.15) is 0 Å². The Labute approximate surface area is 240 Å². The molecule has 2 atom stereocenters. The third-order valence-electron chi connectivity index (χ3n) is 7.42. The maximum Gasteiger partial charge on any atom is 0.419 e. The standard InChI is InChI=1S/C30H40N4O7/c1-17(16-20-24(35)31(8)26(37)32(9)25(20)36)22-23-19(14-15-33(22)27(38)40-29(2,3)4)18-12-10-11-13-21(18)34(23)28(39)41-30(5,6)7/h10-13,17,20,22H,14-16H2,1-9H3. The molecule has 2 aliphatic heterocycles. The number of fused-ring (bicyclic) bond motifs is 3. The van der Waals surface area contributed by atoms with Crippen molar-refractivity contribution >= 4 is 40.9 Å². The smallest absolute Gasteiger partial charge is 0.419 e. The van der Waals surface area contributed by atoms with Crippen LogP contribution in [0.3, 0.4) is 0 Å². The molecule has 1 aromatic heterocycles. The summed E-state index contributed by atoms with van der Waals surface area (Å²) in [4.78, 5) is 69.4. The third kappa shape index (κ3) is 5.67. The van der Waals surface area contributed by atoms with Gasteiger partial charge in [-0.1, -0.05) is 25.1 Å². The first kappa shape index (κ1) is 30.1. The lowest BCUT2D eigenvalue weighted by atomic mass is 9.82. The molecule has 1 aromatic carbocycles. The van der Waals surface area contributed by atoms with Crippen molar-refractivity contribution in [3.63, 3.8) is 0 Å². The van der Waals surface area contributed by atoms with E-state index in [-0.39, 0.29) is 6.42 Å². The SMILES string of the molecule is CC(CC1C(=O)N(C)C(=O)N(C)C1=O)C1c2c(c3ccccc3n2C(=O)OC(C)(C)C)CCN1C(=O)OC(C)(C)C. The maximum atomic E-state index is 13.7. The van der Waals surface area contributed by atoms with Crippen LogP contribution < -0.4 is 0 Å².